The van der Waals surface area contributed by atoms with Crippen molar-refractivity contribution in [2.45, 2.75) is 49.6 Å². The van der Waals surface area contributed by atoms with Crippen molar-refractivity contribution < 1.29 is 22.7 Å². The molecule has 0 saturated heterocycles. The lowest BCUT2D eigenvalue weighted by Crippen LogP contribution is -2.39. The van der Waals surface area contributed by atoms with Crippen molar-refractivity contribution in [3.05, 3.63) is 95.0 Å². The number of carbonyl (C=O) groups is 2. The lowest BCUT2D eigenvalue weighted by Gasteiger charge is -2.22. The Balaban J connectivity index is 1.31. The summed E-state index contributed by atoms with van der Waals surface area (Å²) in [5, 5.41) is 7.39. The number of carbonyl (C=O) groups excluding carboxylic acids is 2. The molecule has 1 aliphatic carbocycles. The highest BCUT2D eigenvalue weighted by atomic mass is 35.5. The van der Waals surface area contributed by atoms with Gasteiger partial charge in [0.25, 0.3) is 11.8 Å². The third-order valence-electron chi connectivity index (χ3n) is 6.60. The molecule has 2 amide bonds. The van der Waals surface area contributed by atoms with Crippen LogP contribution in [0.15, 0.2) is 88.9 Å². The summed E-state index contributed by atoms with van der Waals surface area (Å²) in [6.07, 6.45) is 6.97. The van der Waals surface area contributed by atoms with Gasteiger partial charge in [0.05, 0.1) is 17.7 Å². The maximum atomic E-state index is 13.3. The minimum Gasteiger partial charge on any atom is -0.484 e. The second kappa shape index (κ2) is 14.8. The summed E-state index contributed by atoms with van der Waals surface area (Å²) in [4.78, 5) is 24.9. The van der Waals surface area contributed by atoms with Crippen LogP contribution in [0.25, 0.3) is 0 Å². The molecule has 3 aromatic rings. The topological polar surface area (TPSA) is 117 Å². The average Bonchev–Trinajstić information content (AvgIpc) is 2.98. The lowest BCUT2D eigenvalue weighted by atomic mass is 9.95. The molecule has 0 aromatic heterocycles. The van der Waals surface area contributed by atoms with Crippen molar-refractivity contribution in [3.63, 3.8) is 0 Å². The van der Waals surface area contributed by atoms with Gasteiger partial charge in [0.15, 0.2) is 6.61 Å². The minimum atomic E-state index is -3.99. The van der Waals surface area contributed by atoms with Crippen molar-refractivity contribution in [1.29, 1.82) is 0 Å². The van der Waals surface area contributed by atoms with E-state index < -0.39 is 22.5 Å². The Kier molecular flexibility index (Phi) is 10.9. The second-order valence-electron chi connectivity index (χ2n) is 9.77. The Hall–Kier alpha value is -3.73. The number of rotatable bonds is 12. The molecule has 4 rings (SSSR count). The van der Waals surface area contributed by atoms with E-state index in [1.807, 2.05) is 6.07 Å². The third-order valence-corrected chi connectivity index (χ3v) is 8.65. The molecule has 1 fully saturated rings. The van der Waals surface area contributed by atoms with Crippen LogP contribution in [-0.2, 0) is 26.2 Å². The zero-order chi connectivity index (χ0) is 29.1. The molecule has 0 atom stereocenters. The van der Waals surface area contributed by atoms with E-state index in [1.54, 1.807) is 48.5 Å². The molecule has 216 valence electrons. The highest BCUT2D eigenvalue weighted by molar-refractivity contribution is 7.89. The highest BCUT2D eigenvalue weighted by Gasteiger charge is 2.27. The quantitative estimate of drug-likeness (QED) is 0.236. The summed E-state index contributed by atoms with van der Waals surface area (Å²) in [6.45, 7) is -0.492. The zero-order valence-corrected chi connectivity index (χ0v) is 24.1. The number of benzene rings is 3. The molecular formula is C30H33ClN4O5S. The Bertz CT molecular complexity index is 1430. The molecule has 0 bridgehead atoms. The molecule has 2 N–H and O–H groups in total. The number of hydrogen-bond acceptors (Lipinski definition) is 6. The molecule has 0 unspecified atom stereocenters. The van der Waals surface area contributed by atoms with Gasteiger partial charge in [0.2, 0.25) is 10.0 Å². The van der Waals surface area contributed by atoms with E-state index in [1.165, 1.54) is 36.9 Å². The number of nitrogens with one attached hydrogen (secondary N) is 2. The van der Waals surface area contributed by atoms with Gasteiger partial charge in [-0.15, -0.1) is 0 Å². The first-order valence-electron chi connectivity index (χ1n) is 13.4. The molecule has 11 heteroatoms. The van der Waals surface area contributed by atoms with E-state index in [9.17, 15) is 18.0 Å². The van der Waals surface area contributed by atoms with Crippen LogP contribution in [0.1, 0.15) is 43.2 Å². The maximum Gasteiger partial charge on any atom is 0.258 e. The van der Waals surface area contributed by atoms with E-state index in [2.05, 4.69) is 15.8 Å². The van der Waals surface area contributed by atoms with Crippen LogP contribution in [0.5, 0.6) is 5.75 Å². The molecule has 0 aliphatic heterocycles. The first-order valence-corrected chi connectivity index (χ1v) is 15.3. The summed E-state index contributed by atoms with van der Waals surface area (Å²) in [6, 6.07) is 21.9. The summed E-state index contributed by atoms with van der Waals surface area (Å²) < 4.78 is 33.3. The van der Waals surface area contributed by atoms with E-state index in [-0.39, 0.29) is 30.0 Å². The summed E-state index contributed by atoms with van der Waals surface area (Å²) in [5.74, 6) is -0.197. The summed E-state index contributed by atoms with van der Waals surface area (Å²) in [5.41, 5.74) is 3.80. The third kappa shape index (κ3) is 9.41. The van der Waals surface area contributed by atoms with Crippen LogP contribution in [0, 0.1) is 0 Å². The second-order valence-corrected chi connectivity index (χ2v) is 12.1. The molecular weight excluding hydrogens is 564 g/mol. The van der Waals surface area contributed by atoms with E-state index in [0.29, 0.717) is 16.3 Å². The zero-order valence-electron chi connectivity index (χ0n) is 22.5. The molecule has 9 nitrogen and oxygen atoms in total. The van der Waals surface area contributed by atoms with Gasteiger partial charge >= 0.3 is 0 Å². The lowest BCUT2D eigenvalue weighted by molar-refractivity contribution is -0.124. The first kappa shape index (κ1) is 30.2. The van der Waals surface area contributed by atoms with Gasteiger partial charge in [-0.05, 0) is 72.5 Å². The number of amides is 2. The maximum absolute atomic E-state index is 13.3. The number of hydrogen-bond donors (Lipinski definition) is 2. The fraction of sp³-hybridized carbons (Fsp3) is 0.300. The van der Waals surface area contributed by atoms with Crippen LogP contribution in [-0.4, -0.2) is 49.9 Å². The van der Waals surface area contributed by atoms with Gasteiger partial charge in [-0.25, -0.2) is 13.8 Å². The largest absolute Gasteiger partial charge is 0.484 e. The SMILES string of the molecule is O=C(CN(Cc1ccccc1)S(=O)(=O)c1ccc(Cl)cc1)N/N=C/c1ccc(OCC(=O)NC2CCCCC2)cc1. The molecule has 0 heterocycles. The van der Waals surface area contributed by atoms with E-state index in [0.717, 1.165) is 35.6 Å². The van der Waals surface area contributed by atoms with E-state index >= 15 is 0 Å². The van der Waals surface area contributed by atoms with Gasteiger partial charge in [-0.3, -0.25) is 9.59 Å². The number of hydrazone groups is 1. The normalized spacial score (nSPS) is 14.2. The molecule has 1 saturated carbocycles. The van der Waals surface area contributed by atoms with E-state index in [4.69, 9.17) is 16.3 Å². The van der Waals surface area contributed by atoms with Crippen molar-refractivity contribution in [3.8, 4) is 5.75 Å². The summed E-state index contributed by atoms with van der Waals surface area (Å²) in [7, 11) is -3.99. The molecule has 41 heavy (non-hydrogen) atoms. The molecule has 0 spiro atoms. The van der Waals surface area contributed by atoms with Gasteiger partial charge in [-0.2, -0.15) is 9.41 Å². The van der Waals surface area contributed by atoms with Crippen LogP contribution in [0.2, 0.25) is 5.02 Å². The number of halogens is 1. The van der Waals surface area contributed by atoms with Gasteiger partial charge in [-0.1, -0.05) is 61.2 Å². The van der Waals surface area contributed by atoms with Crippen molar-refractivity contribution in [2.24, 2.45) is 5.10 Å². The molecule has 1 aliphatic rings. The van der Waals surface area contributed by atoms with Crippen LogP contribution in [0.3, 0.4) is 0 Å². The number of nitrogens with zero attached hydrogens (tertiary/aromatic N) is 2. The predicted octanol–water partition coefficient (Wildman–Crippen LogP) is 4.51. The Morgan fingerprint density at radius 1 is 0.927 bits per heavy atom. The first-order chi connectivity index (χ1) is 19.8. The number of sulfonamides is 1. The van der Waals surface area contributed by atoms with Crippen LogP contribution >= 0.6 is 11.6 Å². The number of ether oxygens (including phenoxy) is 1. The monoisotopic (exact) mass is 596 g/mol. The smallest absolute Gasteiger partial charge is 0.258 e. The van der Waals surface area contributed by atoms with Gasteiger partial charge in [0.1, 0.15) is 5.75 Å². The van der Waals surface area contributed by atoms with Crippen molar-refractivity contribution >= 4 is 39.7 Å². The Morgan fingerprint density at radius 2 is 1.61 bits per heavy atom. The Labute approximate surface area is 245 Å². The van der Waals surface area contributed by atoms with Crippen molar-refractivity contribution in [1.82, 2.24) is 15.0 Å². The summed E-state index contributed by atoms with van der Waals surface area (Å²) >= 11 is 5.92. The molecule has 0 radical (unpaired) electrons. The predicted molar refractivity (Wildman–Crippen MR) is 158 cm³/mol. The molecule has 3 aromatic carbocycles. The Morgan fingerprint density at radius 3 is 2.29 bits per heavy atom. The van der Waals surface area contributed by atoms with Gasteiger partial charge < -0.3 is 10.1 Å². The minimum absolute atomic E-state index is 0.00305. The van der Waals surface area contributed by atoms with Crippen LogP contribution in [0.4, 0.5) is 0 Å². The fourth-order valence-corrected chi connectivity index (χ4v) is 5.97. The average molecular weight is 597 g/mol. The van der Waals surface area contributed by atoms with Gasteiger partial charge in [0, 0.05) is 17.6 Å². The van der Waals surface area contributed by atoms with Crippen molar-refractivity contribution in [2.75, 3.05) is 13.2 Å². The standard InChI is InChI=1S/C30H33ClN4O5S/c31-25-13-17-28(18-14-25)41(38,39)35(20-24-7-3-1-4-8-24)21-29(36)34-32-19-23-11-15-27(16-12-23)40-22-30(37)33-26-9-5-2-6-10-26/h1,3-4,7-8,11-19,26H,2,5-6,9-10,20-22H2,(H,33,37)(H,34,36)/b32-19+. The van der Waals surface area contributed by atoms with Crippen LogP contribution < -0.4 is 15.5 Å². The fourth-order valence-electron chi connectivity index (χ4n) is 4.46. The highest BCUT2D eigenvalue weighted by Crippen LogP contribution is 2.21.